The van der Waals surface area contributed by atoms with Gasteiger partial charge in [0.1, 0.15) is 0 Å². The predicted molar refractivity (Wildman–Crippen MR) is 100 cm³/mol. The number of nitrogens with zero attached hydrogens (tertiary/aromatic N) is 2. The second-order valence-corrected chi connectivity index (χ2v) is 7.12. The Morgan fingerprint density at radius 2 is 2.12 bits per heavy atom. The fourth-order valence-corrected chi connectivity index (χ4v) is 2.96. The van der Waals surface area contributed by atoms with E-state index in [4.69, 9.17) is 12.2 Å². The van der Waals surface area contributed by atoms with Gasteiger partial charge in [0.25, 0.3) is 0 Å². The number of aromatic nitrogens is 3. The fraction of sp³-hybridized carbons (Fsp3) is 0.286. The van der Waals surface area contributed by atoms with E-state index in [0.29, 0.717) is 16.3 Å². The Labute approximate surface area is 156 Å². The smallest absolute Gasteiger partial charge is 0.234 e. The first-order chi connectivity index (χ1) is 11.5. The molecule has 0 aliphatic heterocycles. The van der Waals surface area contributed by atoms with Gasteiger partial charge in [-0.05, 0) is 30.4 Å². The van der Waals surface area contributed by atoms with Crippen molar-refractivity contribution < 1.29 is 9.59 Å². The monoisotopic (exact) mass is 429 g/mol. The first-order valence-corrected chi connectivity index (χ1v) is 9.31. The first-order valence-electron chi connectivity index (χ1n) is 6.96. The number of hydrogen-bond donors (Lipinski definition) is 3. The average molecular weight is 430 g/mol. The molecule has 0 unspecified atom stereocenters. The number of amides is 2. The molecule has 0 saturated carbocycles. The lowest BCUT2D eigenvalue weighted by atomic mass is 10.3. The van der Waals surface area contributed by atoms with E-state index in [2.05, 4.69) is 36.8 Å². The summed E-state index contributed by atoms with van der Waals surface area (Å²) in [7, 11) is 1.77. The summed E-state index contributed by atoms with van der Waals surface area (Å²) in [5, 5.41) is 12.2. The second-order valence-electron chi connectivity index (χ2n) is 4.83. The molecule has 1 heterocycles. The highest BCUT2D eigenvalue weighted by Gasteiger charge is 2.08. The third-order valence-electron chi connectivity index (χ3n) is 2.99. The van der Waals surface area contributed by atoms with Crippen molar-refractivity contribution in [1.82, 2.24) is 20.1 Å². The molecule has 0 saturated heterocycles. The average Bonchev–Trinajstić information content (AvgIpc) is 2.84. The van der Waals surface area contributed by atoms with Crippen LogP contribution in [0.3, 0.4) is 0 Å². The molecule has 0 aliphatic carbocycles. The highest BCUT2D eigenvalue weighted by atomic mass is 79.9. The molecule has 0 spiro atoms. The van der Waals surface area contributed by atoms with Crippen molar-refractivity contribution in [2.45, 2.75) is 6.54 Å². The van der Waals surface area contributed by atoms with Gasteiger partial charge in [0.05, 0.1) is 18.1 Å². The maximum atomic E-state index is 11.8. The molecular formula is C14H16BrN5O2S2. The largest absolute Gasteiger partial charge is 0.348 e. The molecule has 0 radical (unpaired) electrons. The van der Waals surface area contributed by atoms with Gasteiger partial charge in [-0.25, -0.2) is 0 Å². The minimum absolute atomic E-state index is 0.152. The molecule has 0 fully saturated rings. The summed E-state index contributed by atoms with van der Waals surface area (Å²) < 4.78 is 3.08. The van der Waals surface area contributed by atoms with Crippen LogP contribution in [-0.4, -0.2) is 38.1 Å². The zero-order chi connectivity index (χ0) is 17.5. The van der Waals surface area contributed by atoms with Crippen LogP contribution in [0.4, 0.5) is 5.69 Å². The summed E-state index contributed by atoms with van der Waals surface area (Å²) in [5.74, 6) is 0.725. The number of halogens is 1. The number of carbonyl (C=O) groups excluding carboxylic acids is 2. The maximum Gasteiger partial charge on any atom is 0.234 e. The summed E-state index contributed by atoms with van der Waals surface area (Å²) in [6.07, 6.45) is 0. The second kappa shape index (κ2) is 9.00. The lowest BCUT2D eigenvalue weighted by Crippen LogP contribution is -2.27. The summed E-state index contributed by atoms with van der Waals surface area (Å²) in [5.41, 5.74) is 0.713. The molecule has 0 atom stereocenters. The van der Waals surface area contributed by atoms with Crippen molar-refractivity contribution in [3.05, 3.63) is 39.3 Å². The molecule has 1 aromatic heterocycles. The van der Waals surface area contributed by atoms with Gasteiger partial charge in [0.2, 0.25) is 11.8 Å². The molecule has 24 heavy (non-hydrogen) atoms. The summed E-state index contributed by atoms with van der Waals surface area (Å²) in [6.45, 7) is 0.285. The minimum atomic E-state index is -0.163. The highest BCUT2D eigenvalue weighted by molar-refractivity contribution is 9.10. The minimum Gasteiger partial charge on any atom is -0.348 e. The number of thioether (sulfide) groups is 1. The van der Waals surface area contributed by atoms with Crippen molar-refractivity contribution in [3.63, 3.8) is 0 Å². The lowest BCUT2D eigenvalue weighted by molar-refractivity contribution is -0.118. The van der Waals surface area contributed by atoms with Crippen LogP contribution in [-0.2, 0) is 23.2 Å². The number of carbonyl (C=O) groups is 2. The van der Waals surface area contributed by atoms with Crippen LogP contribution in [0.5, 0.6) is 0 Å². The molecule has 7 nitrogen and oxygen atoms in total. The molecule has 128 valence electrons. The molecule has 0 aliphatic rings. The summed E-state index contributed by atoms with van der Waals surface area (Å²) in [4.78, 5) is 23.6. The molecule has 3 N–H and O–H groups in total. The van der Waals surface area contributed by atoms with Crippen molar-refractivity contribution >= 4 is 57.4 Å². The topological polar surface area (TPSA) is 91.8 Å². The van der Waals surface area contributed by atoms with Crippen LogP contribution < -0.4 is 10.6 Å². The van der Waals surface area contributed by atoms with Crippen LogP contribution in [0.1, 0.15) is 5.82 Å². The van der Waals surface area contributed by atoms with Crippen molar-refractivity contribution in [1.29, 1.82) is 0 Å². The van der Waals surface area contributed by atoms with Gasteiger partial charge in [-0.3, -0.25) is 14.7 Å². The zero-order valence-corrected chi connectivity index (χ0v) is 16.1. The number of aromatic amines is 1. The quantitative estimate of drug-likeness (QED) is 0.586. The van der Waals surface area contributed by atoms with Gasteiger partial charge in [0.15, 0.2) is 10.6 Å². The number of anilines is 1. The fourth-order valence-electron chi connectivity index (χ4n) is 1.77. The molecule has 0 bridgehead atoms. The Morgan fingerprint density at radius 1 is 1.38 bits per heavy atom. The first kappa shape index (κ1) is 18.7. The third-order valence-corrected chi connectivity index (χ3v) is 4.78. The molecule has 1 aromatic carbocycles. The lowest BCUT2D eigenvalue weighted by Gasteiger charge is -2.06. The number of rotatable bonds is 7. The molecule has 2 rings (SSSR count). The van der Waals surface area contributed by atoms with Gasteiger partial charge >= 0.3 is 0 Å². The Kier molecular flexibility index (Phi) is 7.00. The van der Waals surface area contributed by atoms with Crippen LogP contribution >= 0.6 is 39.9 Å². The van der Waals surface area contributed by atoms with E-state index in [1.54, 1.807) is 17.7 Å². The van der Waals surface area contributed by atoms with E-state index in [9.17, 15) is 9.59 Å². The Bertz CT molecular complexity index is 789. The van der Waals surface area contributed by atoms with Crippen LogP contribution in [0.2, 0.25) is 0 Å². The van der Waals surface area contributed by atoms with Crippen LogP contribution in [0.25, 0.3) is 0 Å². The number of hydrogen-bond acceptors (Lipinski definition) is 5. The van der Waals surface area contributed by atoms with E-state index in [1.807, 2.05) is 18.2 Å². The van der Waals surface area contributed by atoms with Gasteiger partial charge < -0.3 is 15.2 Å². The number of H-pyrrole nitrogens is 1. The van der Waals surface area contributed by atoms with Crippen molar-refractivity contribution in [2.75, 3.05) is 16.8 Å². The van der Waals surface area contributed by atoms with Crippen molar-refractivity contribution in [3.8, 4) is 0 Å². The van der Waals surface area contributed by atoms with E-state index in [1.165, 1.54) is 11.8 Å². The summed E-state index contributed by atoms with van der Waals surface area (Å²) >= 11 is 9.58. The van der Waals surface area contributed by atoms with Gasteiger partial charge in [0, 0.05) is 17.2 Å². The molecule has 10 heteroatoms. The van der Waals surface area contributed by atoms with Crippen molar-refractivity contribution in [2.24, 2.45) is 7.05 Å². The maximum absolute atomic E-state index is 11.8. The van der Waals surface area contributed by atoms with E-state index < -0.39 is 0 Å². The molecule has 2 amide bonds. The third kappa shape index (κ3) is 5.77. The SMILES string of the molecule is Cn1c(CNC(=O)CSCC(=O)Nc2cccc(Br)c2)n[nH]c1=S. The van der Waals surface area contributed by atoms with Crippen LogP contribution in [0, 0.1) is 4.77 Å². The van der Waals surface area contributed by atoms with E-state index >= 15 is 0 Å². The van der Waals surface area contributed by atoms with Gasteiger partial charge in [-0.1, -0.05) is 22.0 Å². The van der Waals surface area contributed by atoms with Crippen LogP contribution in [0.15, 0.2) is 28.7 Å². The zero-order valence-electron chi connectivity index (χ0n) is 12.8. The van der Waals surface area contributed by atoms with E-state index in [-0.39, 0.29) is 29.9 Å². The highest BCUT2D eigenvalue weighted by Crippen LogP contribution is 2.15. The Balaban J connectivity index is 1.67. The van der Waals surface area contributed by atoms with Gasteiger partial charge in [-0.15, -0.1) is 11.8 Å². The normalized spacial score (nSPS) is 10.4. The molecule has 2 aromatic rings. The van der Waals surface area contributed by atoms with Gasteiger partial charge in [-0.2, -0.15) is 5.10 Å². The predicted octanol–water partition coefficient (Wildman–Crippen LogP) is 2.23. The summed E-state index contributed by atoms with van der Waals surface area (Å²) in [6, 6.07) is 7.33. The Hall–Kier alpha value is -1.65. The standard InChI is InChI=1S/C14H16BrN5O2S2/c1-20-11(18-19-14(20)23)6-16-12(21)7-24-8-13(22)17-10-4-2-3-9(15)5-10/h2-5H,6-8H2,1H3,(H,16,21)(H,17,22)(H,19,23). The number of benzene rings is 1. The van der Waals surface area contributed by atoms with E-state index in [0.717, 1.165) is 4.47 Å². The Morgan fingerprint density at radius 3 is 2.79 bits per heavy atom. The molecular weight excluding hydrogens is 414 g/mol. The number of nitrogens with one attached hydrogen (secondary N) is 3.